The van der Waals surface area contributed by atoms with E-state index in [1.165, 1.54) is 6.07 Å². The molecule has 0 saturated heterocycles. The van der Waals surface area contributed by atoms with Gasteiger partial charge in [-0.1, -0.05) is 47.1 Å². The second-order valence-electron chi connectivity index (χ2n) is 7.28. The van der Waals surface area contributed by atoms with Crippen molar-refractivity contribution in [2.75, 3.05) is 19.0 Å². The van der Waals surface area contributed by atoms with Crippen LogP contribution in [0.4, 0.5) is 17.1 Å². The van der Waals surface area contributed by atoms with E-state index in [1.807, 2.05) is 42.5 Å². The van der Waals surface area contributed by atoms with Gasteiger partial charge in [0.25, 0.3) is 5.69 Å². The van der Waals surface area contributed by atoms with E-state index in [4.69, 9.17) is 23.2 Å². The van der Waals surface area contributed by atoms with E-state index in [9.17, 15) is 10.1 Å². The number of aromatic nitrogens is 1. The average molecular weight is 517 g/mol. The van der Waals surface area contributed by atoms with Crippen molar-refractivity contribution < 1.29 is 4.92 Å². The first-order valence-corrected chi connectivity index (χ1v) is 12.3. The molecule has 0 aliphatic heterocycles. The number of thioether (sulfide) groups is 1. The van der Waals surface area contributed by atoms with Gasteiger partial charge in [0.1, 0.15) is 5.69 Å². The lowest BCUT2D eigenvalue weighted by Crippen LogP contribution is -2.11. The summed E-state index contributed by atoms with van der Waals surface area (Å²) in [5.41, 5.74) is 3.77. The molecule has 0 aliphatic carbocycles. The van der Waals surface area contributed by atoms with Crippen molar-refractivity contribution in [3.8, 4) is 0 Å². The number of hydrogen-bond donors (Lipinski definition) is 0. The molecule has 0 bridgehead atoms. The van der Waals surface area contributed by atoms with Crippen LogP contribution in [0.2, 0.25) is 10.0 Å². The summed E-state index contributed by atoms with van der Waals surface area (Å²) < 4.78 is 1.92. The number of thiazole rings is 1. The lowest BCUT2D eigenvalue weighted by molar-refractivity contribution is -0.384. The largest absolute Gasteiger partial charge is 0.372 e. The number of benzene rings is 3. The van der Waals surface area contributed by atoms with E-state index >= 15 is 0 Å². The minimum absolute atomic E-state index is 0.0437. The monoisotopic (exact) mass is 516 g/mol. The van der Waals surface area contributed by atoms with Crippen LogP contribution in [-0.2, 0) is 5.75 Å². The Morgan fingerprint density at radius 3 is 2.61 bits per heavy atom. The Bertz CT molecular complexity index is 1350. The van der Waals surface area contributed by atoms with Crippen molar-refractivity contribution >= 4 is 79.8 Å². The minimum atomic E-state index is -0.384. The molecule has 0 spiro atoms. The average Bonchev–Trinajstić information content (AvgIpc) is 3.19. The highest BCUT2D eigenvalue weighted by Crippen LogP contribution is 2.36. The third-order valence-electron chi connectivity index (χ3n) is 4.79. The van der Waals surface area contributed by atoms with Gasteiger partial charge in [-0.3, -0.25) is 15.1 Å². The Balaban J connectivity index is 1.52. The molecule has 0 atom stereocenters. The normalized spacial score (nSPS) is 11.4. The third-order valence-corrected chi connectivity index (χ3v) is 7.69. The molecule has 168 valence electrons. The van der Waals surface area contributed by atoms with Crippen molar-refractivity contribution in [2.24, 2.45) is 4.99 Å². The molecule has 0 aliphatic rings. The Labute approximate surface area is 209 Å². The first kappa shape index (κ1) is 23.5. The third kappa shape index (κ3) is 5.47. The second-order valence-corrected chi connectivity index (χ2v) is 10.3. The maximum absolute atomic E-state index is 11.4. The predicted molar refractivity (Wildman–Crippen MR) is 140 cm³/mol. The molecule has 4 aromatic rings. The van der Waals surface area contributed by atoms with Crippen molar-refractivity contribution in [1.29, 1.82) is 0 Å². The van der Waals surface area contributed by atoms with Gasteiger partial charge in [-0.05, 0) is 47.5 Å². The molecule has 0 fully saturated rings. The maximum atomic E-state index is 11.4. The zero-order valence-corrected chi connectivity index (χ0v) is 20.8. The smallest absolute Gasteiger partial charge is 0.293 e. The fraction of sp³-hybridized carbons (Fsp3) is 0.130. The van der Waals surface area contributed by atoms with Crippen LogP contribution in [0.3, 0.4) is 0 Å². The zero-order valence-electron chi connectivity index (χ0n) is 17.7. The highest BCUT2D eigenvalue weighted by Gasteiger charge is 2.15. The van der Waals surface area contributed by atoms with Crippen LogP contribution < -0.4 is 4.90 Å². The summed E-state index contributed by atoms with van der Waals surface area (Å²) in [6.07, 6.45) is 1.63. The number of nitrogens with zero attached hydrogens (tertiary/aromatic N) is 4. The quantitative estimate of drug-likeness (QED) is 0.109. The summed E-state index contributed by atoms with van der Waals surface area (Å²) in [7, 11) is 3.55. The van der Waals surface area contributed by atoms with Gasteiger partial charge in [0.05, 0.1) is 20.8 Å². The van der Waals surface area contributed by atoms with E-state index < -0.39 is 0 Å². The highest BCUT2D eigenvalue weighted by atomic mass is 35.5. The van der Waals surface area contributed by atoms with E-state index in [2.05, 4.69) is 9.98 Å². The molecule has 1 aromatic heterocycles. The topological polar surface area (TPSA) is 71.6 Å². The Morgan fingerprint density at radius 2 is 1.91 bits per heavy atom. The first-order valence-electron chi connectivity index (χ1n) is 9.78. The van der Waals surface area contributed by atoms with Gasteiger partial charge in [-0.25, -0.2) is 4.98 Å². The number of anilines is 1. The molecule has 4 rings (SSSR count). The van der Waals surface area contributed by atoms with Crippen LogP contribution in [0.5, 0.6) is 0 Å². The van der Waals surface area contributed by atoms with Gasteiger partial charge < -0.3 is 4.90 Å². The first-order chi connectivity index (χ1) is 15.8. The van der Waals surface area contributed by atoms with Crippen molar-refractivity contribution in [2.45, 2.75) is 10.1 Å². The van der Waals surface area contributed by atoms with E-state index in [0.717, 1.165) is 25.8 Å². The molecule has 33 heavy (non-hydrogen) atoms. The fourth-order valence-electron chi connectivity index (χ4n) is 3.13. The van der Waals surface area contributed by atoms with Crippen LogP contribution in [-0.4, -0.2) is 30.2 Å². The fourth-order valence-corrected chi connectivity index (χ4v) is 5.98. The van der Waals surface area contributed by atoms with Crippen LogP contribution >= 0.6 is 46.3 Å². The molecule has 10 heteroatoms. The van der Waals surface area contributed by atoms with Crippen LogP contribution in [0.15, 0.2) is 63.9 Å². The van der Waals surface area contributed by atoms with E-state index in [0.29, 0.717) is 27.0 Å². The molecule has 1 heterocycles. The van der Waals surface area contributed by atoms with Gasteiger partial charge in [0, 0.05) is 42.2 Å². The number of rotatable bonds is 7. The SMILES string of the molecule is CN(C)c1ccc(C=Nc2ccc3nc(SCc4c(Cl)cccc4Cl)sc3c2)cc1[N+](=O)[O-]. The lowest BCUT2D eigenvalue weighted by Gasteiger charge is -2.12. The zero-order chi connectivity index (χ0) is 23.5. The summed E-state index contributed by atoms with van der Waals surface area (Å²) in [6.45, 7) is 0. The second kappa shape index (κ2) is 10.1. The molecular formula is C23H18Cl2N4O2S2. The maximum Gasteiger partial charge on any atom is 0.293 e. The van der Waals surface area contributed by atoms with E-state index in [-0.39, 0.29) is 10.6 Å². The number of nitro groups is 1. The van der Waals surface area contributed by atoms with Crippen molar-refractivity contribution in [3.63, 3.8) is 0 Å². The lowest BCUT2D eigenvalue weighted by atomic mass is 10.1. The number of halogens is 2. The standard InChI is InChI=1S/C23H18Cl2N4O2S2/c1-28(2)20-9-6-14(10-21(20)29(30)31)12-26-15-7-8-19-22(11-15)33-23(27-19)32-13-16-17(24)4-3-5-18(16)25/h3-12H,13H2,1-2H3. The van der Waals surface area contributed by atoms with Gasteiger partial charge in [-0.15, -0.1) is 11.3 Å². The highest BCUT2D eigenvalue weighted by molar-refractivity contribution is 8.00. The number of aliphatic imine (C=N–C) groups is 1. The molecule has 0 N–H and O–H groups in total. The molecule has 0 saturated carbocycles. The summed E-state index contributed by atoms with van der Waals surface area (Å²) in [4.78, 5) is 21.9. The number of hydrogen-bond acceptors (Lipinski definition) is 7. The van der Waals surface area contributed by atoms with Crippen molar-refractivity contribution in [1.82, 2.24) is 4.98 Å². The Morgan fingerprint density at radius 1 is 1.15 bits per heavy atom. The molecule has 0 amide bonds. The van der Waals surface area contributed by atoms with Gasteiger partial charge in [0.2, 0.25) is 0 Å². The predicted octanol–water partition coefficient (Wildman–Crippen LogP) is 7.62. The molecule has 6 nitrogen and oxygen atoms in total. The molecule has 0 radical (unpaired) electrons. The van der Waals surface area contributed by atoms with Gasteiger partial charge in [-0.2, -0.15) is 0 Å². The van der Waals surface area contributed by atoms with E-state index in [1.54, 1.807) is 54.4 Å². The van der Waals surface area contributed by atoms with Crippen LogP contribution in [0.25, 0.3) is 10.2 Å². The van der Waals surface area contributed by atoms with Gasteiger partial charge in [0.15, 0.2) is 4.34 Å². The summed E-state index contributed by atoms with van der Waals surface area (Å²) in [6, 6.07) is 16.3. The summed E-state index contributed by atoms with van der Waals surface area (Å²) in [5.74, 6) is 0.630. The molecule has 0 unspecified atom stereocenters. The van der Waals surface area contributed by atoms with Crippen LogP contribution in [0.1, 0.15) is 11.1 Å². The Hall–Kier alpha value is -2.65. The molecule has 3 aromatic carbocycles. The molecular weight excluding hydrogens is 499 g/mol. The number of nitro benzene ring substituents is 1. The minimum Gasteiger partial charge on any atom is -0.372 e. The Kier molecular flexibility index (Phi) is 7.19. The van der Waals surface area contributed by atoms with Gasteiger partial charge >= 0.3 is 0 Å². The van der Waals surface area contributed by atoms with Crippen LogP contribution in [0, 0.1) is 10.1 Å². The summed E-state index contributed by atoms with van der Waals surface area (Å²) in [5, 5.41) is 12.7. The number of fused-ring (bicyclic) bond motifs is 1. The summed E-state index contributed by atoms with van der Waals surface area (Å²) >= 11 is 15.7. The van der Waals surface area contributed by atoms with Crippen molar-refractivity contribution in [3.05, 3.63) is 85.9 Å².